The Morgan fingerprint density at radius 1 is 1.36 bits per heavy atom. The lowest BCUT2D eigenvalue weighted by Crippen LogP contribution is -2.56. The number of nitrogens with one attached hydrogen (secondary N) is 1. The minimum absolute atomic E-state index is 0.0856. The van der Waals surface area contributed by atoms with Crippen LogP contribution in [0.15, 0.2) is 16.3 Å². The van der Waals surface area contributed by atoms with E-state index >= 15 is 0 Å². The summed E-state index contributed by atoms with van der Waals surface area (Å²) < 4.78 is 0. The van der Waals surface area contributed by atoms with Gasteiger partial charge >= 0.3 is 0 Å². The molecule has 0 unspecified atom stereocenters. The SMILES string of the molecule is CCCC[C@]1(O)C2=C3[C@@H](CC[C@@H]3N(C(C)=O)C(NC(C)=O)=N2)C[C@@H]1C. The molecule has 1 aliphatic heterocycles. The highest BCUT2D eigenvalue weighted by molar-refractivity contribution is 6.05. The molecule has 25 heavy (non-hydrogen) atoms. The number of amides is 2. The van der Waals surface area contributed by atoms with E-state index in [1.54, 1.807) is 4.90 Å². The van der Waals surface area contributed by atoms with Crippen LogP contribution < -0.4 is 5.32 Å². The fourth-order valence-corrected chi connectivity index (χ4v) is 4.81. The van der Waals surface area contributed by atoms with Gasteiger partial charge in [-0.3, -0.25) is 19.8 Å². The van der Waals surface area contributed by atoms with Gasteiger partial charge in [0, 0.05) is 13.8 Å². The van der Waals surface area contributed by atoms with Crippen molar-refractivity contribution >= 4 is 17.8 Å². The molecular formula is C19H29N3O3. The summed E-state index contributed by atoms with van der Waals surface area (Å²) in [5.74, 6) is 0.382. The summed E-state index contributed by atoms with van der Waals surface area (Å²) in [5.41, 5.74) is 0.867. The molecule has 0 bridgehead atoms. The van der Waals surface area contributed by atoms with E-state index in [-0.39, 0.29) is 29.7 Å². The van der Waals surface area contributed by atoms with Gasteiger partial charge < -0.3 is 5.11 Å². The Morgan fingerprint density at radius 3 is 2.68 bits per heavy atom. The molecule has 6 heteroatoms. The predicted octanol–water partition coefficient (Wildman–Crippen LogP) is 2.33. The molecule has 6 nitrogen and oxygen atoms in total. The number of hydrogen-bond acceptors (Lipinski definition) is 4. The van der Waals surface area contributed by atoms with Crippen molar-refractivity contribution in [2.75, 3.05) is 0 Å². The molecule has 1 saturated carbocycles. The highest BCUT2D eigenvalue weighted by Gasteiger charge is 2.53. The van der Waals surface area contributed by atoms with Crippen LogP contribution in [0.4, 0.5) is 0 Å². The molecule has 0 spiro atoms. The number of nitrogens with zero attached hydrogens (tertiary/aromatic N) is 2. The van der Waals surface area contributed by atoms with Crippen molar-refractivity contribution in [2.45, 2.75) is 77.9 Å². The zero-order chi connectivity index (χ0) is 18.4. The molecule has 2 aliphatic carbocycles. The summed E-state index contributed by atoms with van der Waals surface area (Å²) in [4.78, 5) is 30.2. The molecule has 0 saturated heterocycles. The van der Waals surface area contributed by atoms with Crippen LogP contribution in [-0.2, 0) is 9.59 Å². The van der Waals surface area contributed by atoms with Crippen molar-refractivity contribution in [1.82, 2.24) is 10.2 Å². The molecule has 138 valence electrons. The average Bonchev–Trinajstić information content (AvgIpc) is 2.93. The molecule has 3 rings (SSSR count). The third-order valence-electron chi connectivity index (χ3n) is 6.02. The normalized spacial score (nSPS) is 33.9. The summed E-state index contributed by atoms with van der Waals surface area (Å²) in [6.45, 7) is 7.12. The Morgan fingerprint density at radius 2 is 2.08 bits per heavy atom. The van der Waals surface area contributed by atoms with Crippen molar-refractivity contribution in [3.8, 4) is 0 Å². The van der Waals surface area contributed by atoms with Gasteiger partial charge in [0.1, 0.15) is 5.60 Å². The van der Waals surface area contributed by atoms with Crippen LogP contribution in [0.1, 0.15) is 66.2 Å². The summed E-state index contributed by atoms with van der Waals surface area (Å²) in [6.07, 6.45) is 5.40. The molecule has 1 fully saturated rings. The molecule has 0 aromatic rings. The second-order valence-electron chi connectivity index (χ2n) is 7.76. The van der Waals surface area contributed by atoms with Crippen molar-refractivity contribution < 1.29 is 14.7 Å². The third-order valence-corrected chi connectivity index (χ3v) is 6.02. The van der Waals surface area contributed by atoms with Crippen LogP contribution in [0.5, 0.6) is 0 Å². The molecule has 3 aliphatic rings. The Labute approximate surface area is 149 Å². The van der Waals surface area contributed by atoms with Gasteiger partial charge in [0.05, 0.1) is 11.7 Å². The summed E-state index contributed by atoms with van der Waals surface area (Å²) >= 11 is 0. The Hall–Kier alpha value is -1.69. The van der Waals surface area contributed by atoms with Crippen LogP contribution in [0.3, 0.4) is 0 Å². The maximum Gasteiger partial charge on any atom is 0.226 e. The smallest absolute Gasteiger partial charge is 0.226 e. The van der Waals surface area contributed by atoms with E-state index in [1.165, 1.54) is 13.8 Å². The second kappa shape index (κ2) is 6.56. The van der Waals surface area contributed by atoms with Crippen molar-refractivity contribution in [3.05, 3.63) is 11.3 Å². The number of aliphatic imine (C=N–C) groups is 1. The third kappa shape index (κ3) is 2.90. The molecule has 2 amide bonds. The topological polar surface area (TPSA) is 82.0 Å². The number of rotatable bonds is 3. The Bertz CT molecular complexity index is 654. The standard InChI is InChI=1S/C19H29N3O3/c1-5-6-9-19(25)11(2)10-14-7-8-15-16(14)17(19)21-18(20-12(3)23)22(15)13(4)24/h11,14-15,25H,5-10H2,1-4H3,(H,20,21,23)/t11-,14-,15-,19+/m0/s1. The maximum absolute atomic E-state index is 12.3. The van der Waals surface area contributed by atoms with E-state index in [0.717, 1.165) is 37.7 Å². The van der Waals surface area contributed by atoms with Crippen molar-refractivity contribution in [1.29, 1.82) is 0 Å². The first-order chi connectivity index (χ1) is 11.8. The van der Waals surface area contributed by atoms with Crippen molar-refractivity contribution in [2.24, 2.45) is 16.8 Å². The fourth-order valence-electron chi connectivity index (χ4n) is 4.81. The monoisotopic (exact) mass is 347 g/mol. The van der Waals surface area contributed by atoms with Gasteiger partial charge in [-0.05, 0) is 43.1 Å². The molecule has 4 atom stereocenters. The lowest BCUT2D eigenvalue weighted by molar-refractivity contribution is -0.126. The average molecular weight is 347 g/mol. The molecular weight excluding hydrogens is 318 g/mol. The van der Waals surface area contributed by atoms with Crippen LogP contribution in [0.25, 0.3) is 0 Å². The van der Waals surface area contributed by atoms with Crippen LogP contribution in [-0.4, -0.2) is 39.4 Å². The number of guanidine groups is 1. The first-order valence-electron chi connectivity index (χ1n) is 9.42. The largest absolute Gasteiger partial charge is 0.383 e. The number of unbranched alkanes of at least 4 members (excludes halogenated alkanes) is 1. The van der Waals surface area contributed by atoms with Crippen LogP contribution in [0.2, 0.25) is 0 Å². The lowest BCUT2D eigenvalue weighted by atomic mass is 9.68. The van der Waals surface area contributed by atoms with Gasteiger partial charge in [0.25, 0.3) is 0 Å². The van der Waals surface area contributed by atoms with E-state index in [2.05, 4.69) is 24.2 Å². The number of carbonyl (C=O) groups excluding carboxylic acids is 2. The van der Waals surface area contributed by atoms with Gasteiger partial charge in [0.2, 0.25) is 17.8 Å². The number of hydrogen-bond donors (Lipinski definition) is 2. The number of carbonyl (C=O) groups is 2. The van der Waals surface area contributed by atoms with Crippen LogP contribution in [0, 0.1) is 11.8 Å². The van der Waals surface area contributed by atoms with Crippen molar-refractivity contribution in [3.63, 3.8) is 0 Å². The molecule has 0 aromatic carbocycles. The molecule has 0 aromatic heterocycles. The van der Waals surface area contributed by atoms with E-state index in [0.29, 0.717) is 18.0 Å². The minimum Gasteiger partial charge on any atom is -0.383 e. The van der Waals surface area contributed by atoms with E-state index in [9.17, 15) is 14.7 Å². The van der Waals surface area contributed by atoms with E-state index in [1.807, 2.05) is 0 Å². The minimum atomic E-state index is -0.975. The van der Waals surface area contributed by atoms with Gasteiger partial charge in [-0.15, -0.1) is 0 Å². The van der Waals surface area contributed by atoms with E-state index < -0.39 is 5.60 Å². The second-order valence-corrected chi connectivity index (χ2v) is 7.76. The zero-order valence-electron chi connectivity index (χ0n) is 15.6. The molecule has 2 N–H and O–H groups in total. The lowest BCUT2D eigenvalue weighted by Gasteiger charge is -2.46. The van der Waals surface area contributed by atoms with Crippen LogP contribution >= 0.6 is 0 Å². The Balaban J connectivity index is 2.11. The first kappa shape index (κ1) is 18.1. The summed E-state index contributed by atoms with van der Waals surface area (Å²) in [6, 6.07) is -0.0856. The molecule has 1 heterocycles. The quantitative estimate of drug-likeness (QED) is 0.822. The predicted molar refractivity (Wildman–Crippen MR) is 95.6 cm³/mol. The summed E-state index contributed by atoms with van der Waals surface area (Å²) in [7, 11) is 0. The number of aliphatic hydroxyl groups is 1. The Kier molecular flexibility index (Phi) is 4.75. The highest BCUT2D eigenvalue weighted by atomic mass is 16.3. The maximum atomic E-state index is 12.3. The first-order valence-corrected chi connectivity index (χ1v) is 9.42. The van der Waals surface area contributed by atoms with E-state index in [4.69, 9.17) is 0 Å². The van der Waals surface area contributed by atoms with Gasteiger partial charge in [-0.2, -0.15) is 0 Å². The summed E-state index contributed by atoms with van der Waals surface area (Å²) in [5, 5.41) is 14.2. The fraction of sp³-hybridized carbons (Fsp3) is 0.737. The zero-order valence-corrected chi connectivity index (χ0v) is 15.6. The van der Waals surface area contributed by atoms with Gasteiger partial charge in [-0.25, -0.2) is 4.99 Å². The van der Waals surface area contributed by atoms with Gasteiger partial charge in [0.15, 0.2) is 0 Å². The van der Waals surface area contributed by atoms with Gasteiger partial charge in [-0.1, -0.05) is 26.7 Å². The highest BCUT2D eigenvalue weighted by Crippen LogP contribution is 2.52. The molecule has 0 radical (unpaired) electrons.